The van der Waals surface area contributed by atoms with Crippen LogP contribution in [-0.4, -0.2) is 47.1 Å². The van der Waals surface area contributed by atoms with E-state index in [0.717, 1.165) is 22.2 Å². The Morgan fingerprint density at radius 2 is 1.93 bits per heavy atom. The lowest BCUT2D eigenvalue weighted by Crippen LogP contribution is -2.51. The van der Waals surface area contributed by atoms with Crippen molar-refractivity contribution in [2.45, 2.75) is 31.8 Å². The number of para-hydroxylation sites is 1. The Balaban J connectivity index is 2.04. The maximum atomic E-state index is 13.0. The van der Waals surface area contributed by atoms with Crippen LogP contribution in [0.1, 0.15) is 36.2 Å². The summed E-state index contributed by atoms with van der Waals surface area (Å²) in [5.74, 6) is -0.101. The molecule has 2 N–H and O–H groups in total. The summed E-state index contributed by atoms with van der Waals surface area (Å²) in [7, 11) is 3.12. The number of carbonyl (C=O) groups is 2. The number of hydrogen-bond donors (Lipinski definition) is 2. The average molecular weight is 408 g/mol. The van der Waals surface area contributed by atoms with Crippen LogP contribution in [0.25, 0.3) is 10.9 Å². The van der Waals surface area contributed by atoms with E-state index in [9.17, 15) is 14.7 Å². The zero-order chi connectivity index (χ0) is 21.4. The number of amides is 1. The highest BCUT2D eigenvalue weighted by atomic mass is 16.5. The zero-order valence-corrected chi connectivity index (χ0v) is 17.1. The number of nitrogens with zero attached hydrogens (tertiary/aromatic N) is 1. The number of fused-ring (bicyclic) bond motifs is 3. The topological polar surface area (TPSA) is 91.9 Å². The molecule has 2 heterocycles. The molecule has 2 atom stereocenters. The van der Waals surface area contributed by atoms with Gasteiger partial charge in [0, 0.05) is 35.0 Å². The van der Waals surface area contributed by atoms with E-state index in [1.54, 1.807) is 39.3 Å². The number of H-pyrrole nitrogens is 1. The van der Waals surface area contributed by atoms with Gasteiger partial charge >= 0.3 is 5.97 Å². The molecule has 30 heavy (non-hydrogen) atoms. The second kappa shape index (κ2) is 7.74. The first-order valence-corrected chi connectivity index (χ1v) is 9.85. The van der Waals surface area contributed by atoms with Gasteiger partial charge in [-0.05, 0) is 29.8 Å². The molecule has 0 saturated heterocycles. The van der Waals surface area contributed by atoms with Crippen LogP contribution in [0.3, 0.4) is 0 Å². The molecule has 0 spiro atoms. The summed E-state index contributed by atoms with van der Waals surface area (Å²) in [5, 5.41) is 11.0. The van der Waals surface area contributed by atoms with Gasteiger partial charge in [-0.1, -0.05) is 25.1 Å². The Morgan fingerprint density at radius 1 is 1.17 bits per heavy atom. The fourth-order valence-corrected chi connectivity index (χ4v) is 4.35. The van der Waals surface area contributed by atoms with Gasteiger partial charge in [-0.25, -0.2) is 4.79 Å². The highest BCUT2D eigenvalue weighted by Crippen LogP contribution is 2.44. The normalized spacial score (nSPS) is 18.2. The lowest BCUT2D eigenvalue weighted by molar-refractivity contribution is -0.152. The number of nitrogens with one attached hydrogen (secondary N) is 1. The van der Waals surface area contributed by atoms with Gasteiger partial charge in [-0.3, -0.25) is 4.79 Å². The Bertz CT molecular complexity index is 1120. The molecule has 0 saturated carbocycles. The van der Waals surface area contributed by atoms with Crippen molar-refractivity contribution in [2.24, 2.45) is 0 Å². The van der Waals surface area contributed by atoms with E-state index in [2.05, 4.69) is 4.98 Å². The Kier molecular flexibility index (Phi) is 5.11. The fourth-order valence-electron chi connectivity index (χ4n) is 4.35. The lowest BCUT2D eigenvalue weighted by atomic mass is 9.87. The zero-order valence-electron chi connectivity index (χ0n) is 17.1. The molecule has 1 aliphatic heterocycles. The van der Waals surface area contributed by atoms with Gasteiger partial charge < -0.3 is 24.5 Å². The number of aromatic nitrogens is 1. The third-order valence-electron chi connectivity index (χ3n) is 5.74. The summed E-state index contributed by atoms with van der Waals surface area (Å²) in [4.78, 5) is 30.2. The third-order valence-corrected chi connectivity index (χ3v) is 5.74. The van der Waals surface area contributed by atoms with Crippen molar-refractivity contribution in [3.05, 3.63) is 59.3 Å². The maximum absolute atomic E-state index is 13.0. The number of benzene rings is 2. The number of aliphatic carboxylic acids is 1. The van der Waals surface area contributed by atoms with E-state index in [0.29, 0.717) is 17.1 Å². The first-order chi connectivity index (χ1) is 14.5. The van der Waals surface area contributed by atoms with Crippen LogP contribution in [0.2, 0.25) is 0 Å². The van der Waals surface area contributed by atoms with Crippen LogP contribution in [0.4, 0.5) is 0 Å². The predicted octanol–water partition coefficient (Wildman–Crippen LogP) is 3.52. The molecule has 3 aromatic rings. The SMILES string of the molecule is CCC(=O)N1[C@H](c2cc(OC)ccc2OC)c2[nH]c3ccccc3c2C[C@H]1C(=O)O. The number of methoxy groups -OCH3 is 2. The molecule has 1 amide bonds. The fraction of sp³-hybridized carbons (Fsp3) is 0.304. The average Bonchev–Trinajstić information content (AvgIpc) is 3.15. The Hall–Kier alpha value is -3.48. The number of carboxylic acid groups (broad SMARTS) is 1. The first-order valence-electron chi connectivity index (χ1n) is 9.85. The van der Waals surface area contributed by atoms with Gasteiger partial charge in [-0.2, -0.15) is 0 Å². The molecule has 0 unspecified atom stereocenters. The molecule has 1 aliphatic rings. The summed E-state index contributed by atoms with van der Waals surface area (Å²) in [6.07, 6.45) is 0.436. The molecule has 2 aromatic carbocycles. The van der Waals surface area contributed by atoms with E-state index in [-0.39, 0.29) is 18.7 Å². The number of carboxylic acids is 1. The monoisotopic (exact) mass is 408 g/mol. The molecule has 0 fully saturated rings. The van der Waals surface area contributed by atoms with Crippen molar-refractivity contribution in [3.8, 4) is 11.5 Å². The van der Waals surface area contributed by atoms with E-state index in [1.807, 2.05) is 24.3 Å². The Labute approximate surface area is 174 Å². The quantitative estimate of drug-likeness (QED) is 0.674. The van der Waals surface area contributed by atoms with E-state index in [4.69, 9.17) is 9.47 Å². The van der Waals surface area contributed by atoms with Gasteiger partial charge in [0.1, 0.15) is 23.6 Å². The van der Waals surface area contributed by atoms with Gasteiger partial charge in [-0.15, -0.1) is 0 Å². The molecular formula is C23H24N2O5. The highest BCUT2D eigenvalue weighted by molar-refractivity contribution is 5.90. The minimum absolute atomic E-state index is 0.197. The van der Waals surface area contributed by atoms with Crippen molar-refractivity contribution in [2.75, 3.05) is 14.2 Å². The molecule has 0 aliphatic carbocycles. The Morgan fingerprint density at radius 3 is 2.60 bits per heavy atom. The van der Waals surface area contributed by atoms with Crippen molar-refractivity contribution < 1.29 is 24.2 Å². The van der Waals surface area contributed by atoms with Gasteiger partial charge in [0.15, 0.2) is 0 Å². The van der Waals surface area contributed by atoms with Gasteiger partial charge in [0.2, 0.25) is 5.91 Å². The summed E-state index contributed by atoms with van der Waals surface area (Å²) < 4.78 is 11.0. The maximum Gasteiger partial charge on any atom is 0.326 e. The summed E-state index contributed by atoms with van der Waals surface area (Å²) in [6, 6.07) is 11.5. The van der Waals surface area contributed by atoms with Crippen molar-refractivity contribution >= 4 is 22.8 Å². The number of hydrogen-bond acceptors (Lipinski definition) is 4. The van der Waals surface area contributed by atoms with Crippen molar-refractivity contribution in [3.63, 3.8) is 0 Å². The first kappa shape index (κ1) is 19.8. The summed E-state index contributed by atoms with van der Waals surface area (Å²) in [6.45, 7) is 1.74. The van der Waals surface area contributed by atoms with Crippen molar-refractivity contribution in [1.82, 2.24) is 9.88 Å². The molecule has 7 heteroatoms. The van der Waals surface area contributed by atoms with E-state index < -0.39 is 18.1 Å². The van der Waals surface area contributed by atoms with Crippen LogP contribution in [0.15, 0.2) is 42.5 Å². The van der Waals surface area contributed by atoms with Crippen LogP contribution in [0, 0.1) is 0 Å². The number of rotatable bonds is 5. The standard InChI is InChI=1S/C23H24N2O5/c1-4-20(26)25-18(23(27)28)12-15-14-7-5-6-8-17(14)24-21(15)22(25)16-11-13(29-2)9-10-19(16)30-3/h5-11,18,22,24H,4,12H2,1-3H3,(H,27,28)/t18-,22+/m0/s1. The molecule has 0 radical (unpaired) electrons. The van der Waals surface area contributed by atoms with Crippen LogP contribution >= 0.6 is 0 Å². The van der Waals surface area contributed by atoms with Crippen LogP contribution in [-0.2, 0) is 16.0 Å². The second-order valence-corrected chi connectivity index (χ2v) is 7.29. The van der Waals surface area contributed by atoms with E-state index in [1.165, 1.54) is 4.90 Å². The van der Waals surface area contributed by atoms with Crippen molar-refractivity contribution in [1.29, 1.82) is 0 Å². The minimum atomic E-state index is -1.03. The smallest absolute Gasteiger partial charge is 0.326 e. The molecule has 156 valence electrons. The second-order valence-electron chi connectivity index (χ2n) is 7.29. The summed E-state index contributed by atoms with van der Waals surface area (Å²) in [5.41, 5.74) is 3.30. The number of ether oxygens (including phenoxy) is 2. The largest absolute Gasteiger partial charge is 0.497 e. The van der Waals surface area contributed by atoms with Crippen LogP contribution < -0.4 is 9.47 Å². The number of carbonyl (C=O) groups excluding carboxylic acids is 1. The molecule has 0 bridgehead atoms. The van der Waals surface area contributed by atoms with Crippen LogP contribution in [0.5, 0.6) is 11.5 Å². The minimum Gasteiger partial charge on any atom is -0.497 e. The van der Waals surface area contributed by atoms with Gasteiger partial charge in [0.05, 0.1) is 14.2 Å². The molecule has 4 rings (SSSR count). The van der Waals surface area contributed by atoms with E-state index >= 15 is 0 Å². The predicted molar refractivity (Wildman–Crippen MR) is 112 cm³/mol. The molecular weight excluding hydrogens is 384 g/mol. The molecule has 1 aromatic heterocycles. The number of aromatic amines is 1. The third kappa shape index (κ3) is 3.07. The summed E-state index contributed by atoms with van der Waals surface area (Å²) >= 11 is 0. The molecule has 7 nitrogen and oxygen atoms in total. The van der Waals surface area contributed by atoms with Gasteiger partial charge in [0.25, 0.3) is 0 Å². The lowest BCUT2D eigenvalue weighted by Gasteiger charge is -2.40. The highest BCUT2D eigenvalue weighted by Gasteiger charge is 2.44.